The van der Waals surface area contributed by atoms with Crippen LogP contribution in [0.15, 0.2) is 72.4 Å². The van der Waals surface area contributed by atoms with Crippen molar-refractivity contribution < 1.29 is 0 Å². The Labute approximate surface area is 116 Å². The summed E-state index contributed by atoms with van der Waals surface area (Å²) in [5.41, 5.74) is 3.12. The lowest BCUT2D eigenvalue weighted by Crippen LogP contribution is -1.91. The van der Waals surface area contributed by atoms with Gasteiger partial charge in [-0.3, -0.25) is 0 Å². The molecule has 0 unspecified atom stereocenters. The lowest BCUT2D eigenvalue weighted by atomic mass is 10.2. The van der Waals surface area contributed by atoms with E-state index >= 15 is 0 Å². The number of aromatic nitrogens is 3. The van der Waals surface area contributed by atoms with Crippen LogP contribution in [0.1, 0.15) is 5.56 Å². The molecule has 5 heteroatoms. The molecule has 98 valence electrons. The summed E-state index contributed by atoms with van der Waals surface area (Å²) in [5.74, 6) is 0. The van der Waals surface area contributed by atoms with Crippen molar-refractivity contribution in [2.24, 2.45) is 5.10 Å². The largest absolute Gasteiger partial charge is 0.356 e. The molecule has 0 spiro atoms. The predicted octanol–water partition coefficient (Wildman–Crippen LogP) is 2.90. The van der Waals surface area contributed by atoms with Crippen molar-refractivity contribution in [2.45, 2.75) is 0 Å². The third-order valence-corrected chi connectivity index (χ3v) is 2.72. The molecule has 3 aromatic rings. The van der Waals surface area contributed by atoms with Gasteiger partial charge < -0.3 is 5.32 Å². The number of nitrogens with one attached hydrogen (secondary N) is 1. The van der Waals surface area contributed by atoms with Crippen LogP contribution in [0.4, 0.5) is 11.4 Å². The van der Waals surface area contributed by atoms with Gasteiger partial charge in [0.1, 0.15) is 12.7 Å². The van der Waals surface area contributed by atoms with Crippen molar-refractivity contribution in [3.63, 3.8) is 0 Å². The van der Waals surface area contributed by atoms with Gasteiger partial charge in [0.05, 0.1) is 6.21 Å². The Hall–Kier alpha value is -2.95. The zero-order valence-corrected chi connectivity index (χ0v) is 10.7. The van der Waals surface area contributed by atoms with Crippen molar-refractivity contribution in [3.05, 3.63) is 72.8 Å². The van der Waals surface area contributed by atoms with E-state index in [1.165, 1.54) is 0 Å². The molecule has 1 aromatic heterocycles. The number of anilines is 2. The van der Waals surface area contributed by atoms with E-state index < -0.39 is 0 Å². The molecule has 0 saturated carbocycles. The van der Waals surface area contributed by atoms with Gasteiger partial charge in [0.2, 0.25) is 0 Å². The lowest BCUT2D eigenvalue weighted by molar-refractivity contribution is 0.878. The Bertz CT molecular complexity index is 672. The second kappa shape index (κ2) is 5.79. The molecule has 0 aliphatic heterocycles. The average molecular weight is 263 g/mol. The van der Waals surface area contributed by atoms with Crippen LogP contribution in [-0.2, 0) is 0 Å². The van der Waals surface area contributed by atoms with Crippen LogP contribution in [0.25, 0.3) is 0 Å². The van der Waals surface area contributed by atoms with Crippen molar-refractivity contribution in [2.75, 3.05) is 5.32 Å². The molecular formula is C15H13N5. The number of para-hydroxylation sites is 1. The van der Waals surface area contributed by atoms with Crippen LogP contribution in [0.5, 0.6) is 0 Å². The average Bonchev–Trinajstić information content (AvgIpc) is 3.01. The standard InChI is InChI=1S/C15H13N5/c1-2-4-14(5-3-1)19-15-8-6-13(7-9-15)10-18-20-11-16-17-12-20/h1-12,19H/b18-10-. The molecule has 0 fully saturated rings. The molecular weight excluding hydrogens is 250 g/mol. The highest BCUT2D eigenvalue weighted by Gasteiger charge is 1.94. The summed E-state index contributed by atoms with van der Waals surface area (Å²) in [7, 11) is 0. The molecule has 0 aliphatic rings. The molecule has 1 N–H and O–H groups in total. The molecule has 0 aliphatic carbocycles. The highest BCUT2D eigenvalue weighted by molar-refractivity contribution is 5.80. The summed E-state index contributed by atoms with van der Waals surface area (Å²) < 4.78 is 1.55. The summed E-state index contributed by atoms with van der Waals surface area (Å²) in [6.45, 7) is 0. The first-order valence-corrected chi connectivity index (χ1v) is 6.21. The van der Waals surface area contributed by atoms with E-state index in [0.29, 0.717) is 0 Å². The Kier molecular flexibility index (Phi) is 3.51. The minimum absolute atomic E-state index is 1.01. The monoisotopic (exact) mass is 263 g/mol. The van der Waals surface area contributed by atoms with E-state index in [1.807, 2.05) is 54.6 Å². The topological polar surface area (TPSA) is 55.1 Å². The first-order valence-electron chi connectivity index (χ1n) is 6.21. The van der Waals surface area contributed by atoms with E-state index in [4.69, 9.17) is 0 Å². The number of hydrogen-bond donors (Lipinski definition) is 1. The lowest BCUT2D eigenvalue weighted by Gasteiger charge is -2.05. The third kappa shape index (κ3) is 3.08. The van der Waals surface area contributed by atoms with Crippen molar-refractivity contribution in [1.82, 2.24) is 14.9 Å². The molecule has 5 nitrogen and oxygen atoms in total. The highest BCUT2D eigenvalue weighted by Crippen LogP contribution is 2.15. The van der Waals surface area contributed by atoms with Crippen LogP contribution in [0.2, 0.25) is 0 Å². The molecule has 3 rings (SSSR count). The fourth-order valence-corrected chi connectivity index (χ4v) is 1.73. The number of hydrogen-bond acceptors (Lipinski definition) is 4. The van der Waals surface area contributed by atoms with Gasteiger partial charge in [0.15, 0.2) is 0 Å². The number of benzene rings is 2. The minimum Gasteiger partial charge on any atom is -0.356 e. The van der Waals surface area contributed by atoms with E-state index in [2.05, 4.69) is 20.6 Å². The van der Waals surface area contributed by atoms with Gasteiger partial charge in [-0.05, 0) is 29.8 Å². The van der Waals surface area contributed by atoms with Gasteiger partial charge >= 0.3 is 0 Å². The van der Waals surface area contributed by atoms with E-state index in [1.54, 1.807) is 23.5 Å². The molecule has 20 heavy (non-hydrogen) atoms. The van der Waals surface area contributed by atoms with Gasteiger partial charge in [0.25, 0.3) is 0 Å². The Morgan fingerprint density at radius 3 is 2.20 bits per heavy atom. The second-order valence-corrected chi connectivity index (χ2v) is 4.20. The Balaban J connectivity index is 1.68. The maximum atomic E-state index is 4.20. The molecule has 0 radical (unpaired) electrons. The minimum atomic E-state index is 1.01. The van der Waals surface area contributed by atoms with Gasteiger partial charge in [-0.25, -0.2) is 4.68 Å². The van der Waals surface area contributed by atoms with Crippen LogP contribution in [0.3, 0.4) is 0 Å². The smallest absolute Gasteiger partial charge is 0.141 e. The number of nitrogens with zero attached hydrogens (tertiary/aromatic N) is 4. The third-order valence-electron chi connectivity index (χ3n) is 2.72. The van der Waals surface area contributed by atoms with Crippen molar-refractivity contribution in [1.29, 1.82) is 0 Å². The summed E-state index contributed by atoms with van der Waals surface area (Å²) in [6.07, 6.45) is 4.85. The van der Waals surface area contributed by atoms with E-state index in [-0.39, 0.29) is 0 Å². The highest BCUT2D eigenvalue weighted by atomic mass is 15.4. The SMILES string of the molecule is C(=N/n1cnnc1)/c1ccc(Nc2ccccc2)cc1. The van der Waals surface area contributed by atoms with Crippen molar-refractivity contribution >= 4 is 17.6 Å². The second-order valence-electron chi connectivity index (χ2n) is 4.20. The summed E-state index contributed by atoms with van der Waals surface area (Å²) in [4.78, 5) is 0. The molecule has 0 atom stereocenters. The van der Waals surface area contributed by atoms with E-state index in [9.17, 15) is 0 Å². The van der Waals surface area contributed by atoms with E-state index in [0.717, 1.165) is 16.9 Å². The summed E-state index contributed by atoms with van der Waals surface area (Å²) >= 11 is 0. The van der Waals surface area contributed by atoms with Gasteiger partial charge in [-0.15, -0.1) is 10.2 Å². The summed E-state index contributed by atoms with van der Waals surface area (Å²) in [6, 6.07) is 18.1. The van der Waals surface area contributed by atoms with Gasteiger partial charge in [-0.2, -0.15) is 5.10 Å². The predicted molar refractivity (Wildman–Crippen MR) is 79.2 cm³/mol. The molecule has 0 bridgehead atoms. The Morgan fingerprint density at radius 2 is 1.50 bits per heavy atom. The fourth-order valence-electron chi connectivity index (χ4n) is 1.73. The van der Waals surface area contributed by atoms with Gasteiger partial charge in [0, 0.05) is 11.4 Å². The Morgan fingerprint density at radius 1 is 0.850 bits per heavy atom. The van der Waals surface area contributed by atoms with Crippen LogP contribution in [0, 0.1) is 0 Å². The normalized spacial score (nSPS) is 10.8. The maximum Gasteiger partial charge on any atom is 0.141 e. The first-order chi connectivity index (χ1) is 9.90. The number of rotatable bonds is 4. The van der Waals surface area contributed by atoms with Crippen LogP contribution >= 0.6 is 0 Å². The molecule has 0 saturated heterocycles. The van der Waals surface area contributed by atoms with Gasteiger partial charge in [-0.1, -0.05) is 30.3 Å². The quantitative estimate of drug-likeness (QED) is 0.736. The van der Waals surface area contributed by atoms with Crippen LogP contribution in [-0.4, -0.2) is 21.1 Å². The van der Waals surface area contributed by atoms with Crippen LogP contribution < -0.4 is 5.32 Å². The molecule has 0 amide bonds. The first kappa shape index (κ1) is 12.1. The zero-order valence-electron chi connectivity index (χ0n) is 10.7. The molecule has 2 aromatic carbocycles. The van der Waals surface area contributed by atoms with Crippen molar-refractivity contribution in [3.8, 4) is 0 Å². The zero-order chi connectivity index (χ0) is 13.6. The summed E-state index contributed by atoms with van der Waals surface area (Å²) in [5, 5.41) is 14.9. The maximum absolute atomic E-state index is 4.20. The molecule has 1 heterocycles. The fraction of sp³-hybridized carbons (Fsp3) is 0.